The molecule has 2 heteroatoms. The summed E-state index contributed by atoms with van der Waals surface area (Å²) in [4.78, 5) is 0. The highest BCUT2D eigenvalue weighted by Gasteiger charge is 2.53. The quantitative estimate of drug-likeness (QED) is 0.776. The van der Waals surface area contributed by atoms with Gasteiger partial charge in [0.2, 0.25) is 0 Å². The van der Waals surface area contributed by atoms with Crippen LogP contribution in [0.25, 0.3) is 6.08 Å². The van der Waals surface area contributed by atoms with Crippen LogP contribution in [0.4, 0.5) is 0 Å². The van der Waals surface area contributed by atoms with Gasteiger partial charge in [-0.2, -0.15) is 0 Å². The summed E-state index contributed by atoms with van der Waals surface area (Å²) in [6.45, 7) is 2.92. The van der Waals surface area contributed by atoms with Crippen LogP contribution in [0, 0.1) is 17.3 Å². The van der Waals surface area contributed by atoms with E-state index in [9.17, 15) is 5.11 Å². The van der Waals surface area contributed by atoms with Gasteiger partial charge in [0.15, 0.2) is 0 Å². The maximum atomic E-state index is 10.5. The SMILES string of the molecule is C[C@]12CC[C@@H]3c4ccc(OCc5ccccc5)cc4C=C[C@H]3[C@@H]1CC[C@@H]2O. The summed E-state index contributed by atoms with van der Waals surface area (Å²) in [5.41, 5.74) is 4.08. The van der Waals surface area contributed by atoms with Crippen molar-refractivity contribution in [2.45, 2.75) is 51.2 Å². The van der Waals surface area contributed by atoms with Crippen LogP contribution in [-0.2, 0) is 6.61 Å². The zero-order valence-electron chi connectivity index (χ0n) is 16.0. The minimum Gasteiger partial charge on any atom is -0.489 e. The monoisotopic (exact) mass is 360 g/mol. The molecule has 2 saturated carbocycles. The molecule has 140 valence electrons. The second-order valence-electron chi connectivity index (χ2n) is 8.85. The fraction of sp³-hybridized carbons (Fsp3) is 0.440. The molecule has 3 aliphatic carbocycles. The molecule has 5 atom stereocenters. The first-order valence-corrected chi connectivity index (χ1v) is 10.3. The zero-order chi connectivity index (χ0) is 18.4. The molecule has 2 fully saturated rings. The topological polar surface area (TPSA) is 29.5 Å². The molecular formula is C25H28O2. The van der Waals surface area contributed by atoms with Crippen molar-refractivity contribution in [3.63, 3.8) is 0 Å². The maximum absolute atomic E-state index is 10.5. The highest BCUT2D eigenvalue weighted by atomic mass is 16.5. The van der Waals surface area contributed by atoms with Crippen LogP contribution in [0.5, 0.6) is 5.75 Å². The van der Waals surface area contributed by atoms with Gasteiger partial charge in [-0.3, -0.25) is 0 Å². The molecule has 2 aromatic carbocycles. The maximum Gasteiger partial charge on any atom is 0.120 e. The van der Waals surface area contributed by atoms with Gasteiger partial charge in [0, 0.05) is 0 Å². The van der Waals surface area contributed by atoms with Crippen LogP contribution in [0.3, 0.4) is 0 Å². The average Bonchev–Trinajstić information content (AvgIpc) is 3.01. The van der Waals surface area contributed by atoms with Crippen molar-refractivity contribution in [1.82, 2.24) is 0 Å². The average molecular weight is 360 g/mol. The molecule has 2 nitrogen and oxygen atoms in total. The van der Waals surface area contributed by atoms with E-state index in [-0.39, 0.29) is 11.5 Å². The van der Waals surface area contributed by atoms with Crippen molar-refractivity contribution >= 4 is 6.08 Å². The van der Waals surface area contributed by atoms with Crippen molar-refractivity contribution in [2.24, 2.45) is 17.3 Å². The molecule has 1 N–H and O–H groups in total. The third-order valence-corrected chi connectivity index (χ3v) is 7.49. The molecule has 2 aromatic rings. The molecule has 0 amide bonds. The lowest BCUT2D eigenvalue weighted by Gasteiger charge is -2.48. The number of benzene rings is 2. The second kappa shape index (κ2) is 6.53. The van der Waals surface area contributed by atoms with Gasteiger partial charge in [-0.05, 0) is 77.7 Å². The van der Waals surface area contributed by atoms with E-state index in [0.29, 0.717) is 24.4 Å². The van der Waals surface area contributed by atoms with Crippen molar-refractivity contribution < 1.29 is 9.84 Å². The number of rotatable bonds is 3. The van der Waals surface area contributed by atoms with Crippen molar-refractivity contribution in [1.29, 1.82) is 0 Å². The number of hydrogen-bond donors (Lipinski definition) is 1. The van der Waals surface area contributed by atoms with E-state index in [0.717, 1.165) is 25.0 Å². The van der Waals surface area contributed by atoms with Crippen LogP contribution < -0.4 is 4.74 Å². The van der Waals surface area contributed by atoms with E-state index >= 15 is 0 Å². The van der Waals surface area contributed by atoms with E-state index in [2.05, 4.69) is 49.4 Å². The van der Waals surface area contributed by atoms with Crippen LogP contribution in [0.1, 0.15) is 55.2 Å². The Kier molecular flexibility index (Phi) is 4.12. The lowest BCUT2D eigenvalue weighted by molar-refractivity contribution is -0.00797. The Morgan fingerprint density at radius 3 is 2.78 bits per heavy atom. The van der Waals surface area contributed by atoms with Gasteiger partial charge in [-0.1, -0.05) is 55.5 Å². The Bertz CT molecular complexity index is 856. The summed E-state index contributed by atoms with van der Waals surface area (Å²) in [6.07, 6.45) is 9.05. The van der Waals surface area contributed by atoms with E-state index < -0.39 is 0 Å². The zero-order valence-corrected chi connectivity index (χ0v) is 16.0. The first-order valence-electron chi connectivity index (χ1n) is 10.3. The number of aliphatic hydroxyl groups is 1. The fourth-order valence-corrected chi connectivity index (χ4v) is 5.88. The molecule has 0 aliphatic heterocycles. The van der Waals surface area contributed by atoms with Gasteiger partial charge in [0.1, 0.15) is 12.4 Å². The van der Waals surface area contributed by atoms with Crippen molar-refractivity contribution in [3.05, 3.63) is 71.3 Å². The Labute approximate surface area is 161 Å². The minimum absolute atomic E-state index is 0.113. The standard InChI is InChI=1S/C25H28O2/c1-25-14-13-21-20-10-8-19(27-16-17-5-3-2-4-6-17)15-18(20)7-9-22(21)23(25)11-12-24(25)26/h2-10,15,21-24,26H,11-14,16H2,1H3/t21-,22-,23+,24+,25+/m1/s1. The summed E-state index contributed by atoms with van der Waals surface area (Å²) < 4.78 is 6.03. The number of ether oxygens (including phenoxy) is 1. The summed E-state index contributed by atoms with van der Waals surface area (Å²) in [5, 5.41) is 10.5. The summed E-state index contributed by atoms with van der Waals surface area (Å²) in [7, 11) is 0. The van der Waals surface area contributed by atoms with Crippen LogP contribution in [0.2, 0.25) is 0 Å². The predicted molar refractivity (Wildman–Crippen MR) is 109 cm³/mol. The largest absolute Gasteiger partial charge is 0.489 e. The van der Waals surface area contributed by atoms with Crippen LogP contribution in [0.15, 0.2) is 54.6 Å². The molecule has 5 rings (SSSR count). The van der Waals surface area contributed by atoms with Gasteiger partial charge in [0.05, 0.1) is 6.10 Å². The summed E-state index contributed by atoms with van der Waals surface area (Å²) >= 11 is 0. The second-order valence-corrected chi connectivity index (χ2v) is 8.85. The third-order valence-electron chi connectivity index (χ3n) is 7.49. The summed E-state index contributed by atoms with van der Waals surface area (Å²) in [5.74, 6) is 2.73. The van der Waals surface area contributed by atoms with Gasteiger partial charge in [-0.15, -0.1) is 0 Å². The molecule has 0 aromatic heterocycles. The molecule has 0 radical (unpaired) electrons. The number of hydrogen-bond acceptors (Lipinski definition) is 2. The predicted octanol–water partition coefficient (Wildman–Crippen LogP) is 5.56. The molecule has 0 unspecified atom stereocenters. The molecule has 0 heterocycles. The van der Waals surface area contributed by atoms with E-state index in [1.807, 2.05) is 18.2 Å². The van der Waals surface area contributed by atoms with Gasteiger partial charge in [-0.25, -0.2) is 0 Å². The van der Waals surface area contributed by atoms with Gasteiger partial charge in [0.25, 0.3) is 0 Å². The summed E-state index contributed by atoms with van der Waals surface area (Å²) in [6, 6.07) is 16.9. The molecule has 3 aliphatic rings. The normalized spacial score (nSPS) is 33.9. The van der Waals surface area contributed by atoms with Crippen LogP contribution in [-0.4, -0.2) is 11.2 Å². The van der Waals surface area contributed by atoms with Crippen molar-refractivity contribution in [3.8, 4) is 5.75 Å². The Morgan fingerprint density at radius 2 is 1.93 bits per heavy atom. The molecule has 0 spiro atoms. The lowest BCUT2D eigenvalue weighted by atomic mass is 9.57. The van der Waals surface area contributed by atoms with Gasteiger partial charge < -0.3 is 9.84 Å². The van der Waals surface area contributed by atoms with Crippen LogP contribution >= 0.6 is 0 Å². The Balaban J connectivity index is 1.37. The smallest absolute Gasteiger partial charge is 0.120 e. The molecule has 0 bridgehead atoms. The first kappa shape index (κ1) is 17.1. The van der Waals surface area contributed by atoms with Gasteiger partial charge >= 0.3 is 0 Å². The Hall–Kier alpha value is -2.06. The Morgan fingerprint density at radius 1 is 1.07 bits per heavy atom. The van der Waals surface area contributed by atoms with E-state index in [1.54, 1.807) is 0 Å². The molecule has 0 saturated heterocycles. The number of aliphatic hydroxyl groups excluding tert-OH is 1. The minimum atomic E-state index is -0.119. The highest BCUT2D eigenvalue weighted by molar-refractivity contribution is 5.61. The first-order chi connectivity index (χ1) is 13.1. The lowest BCUT2D eigenvalue weighted by Crippen LogP contribution is -2.42. The van der Waals surface area contributed by atoms with E-state index in [4.69, 9.17) is 4.74 Å². The van der Waals surface area contributed by atoms with E-state index in [1.165, 1.54) is 23.1 Å². The fourth-order valence-electron chi connectivity index (χ4n) is 5.88. The molecule has 27 heavy (non-hydrogen) atoms. The number of fused-ring (bicyclic) bond motifs is 5. The highest BCUT2D eigenvalue weighted by Crippen LogP contribution is 2.60. The number of allylic oxidation sites excluding steroid dienone is 1. The molecular weight excluding hydrogens is 332 g/mol. The van der Waals surface area contributed by atoms with Crippen molar-refractivity contribution in [2.75, 3.05) is 0 Å². The third kappa shape index (κ3) is 2.82.